The summed E-state index contributed by atoms with van der Waals surface area (Å²) in [6, 6.07) is 7.36. The summed E-state index contributed by atoms with van der Waals surface area (Å²) in [5.74, 6) is 0.114. The van der Waals surface area contributed by atoms with Crippen molar-refractivity contribution in [2.24, 2.45) is 0 Å². The van der Waals surface area contributed by atoms with Crippen LogP contribution in [-0.2, 0) is 16.6 Å². The van der Waals surface area contributed by atoms with Gasteiger partial charge in [-0.1, -0.05) is 12.1 Å². The first-order valence-electron chi connectivity index (χ1n) is 9.06. The van der Waals surface area contributed by atoms with Gasteiger partial charge in [0.2, 0.25) is 10.0 Å². The topological polar surface area (TPSA) is 96.3 Å². The van der Waals surface area contributed by atoms with Gasteiger partial charge in [0.15, 0.2) is 0 Å². The Morgan fingerprint density at radius 2 is 1.93 bits per heavy atom. The van der Waals surface area contributed by atoms with Gasteiger partial charge in [0.25, 0.3) is 0 Å². The first-order chi connectivity index (χ1) is 13.0. The lowest BCUT2D eigenvalue weighted by molar-refractivity contribution is 0.238. The Morgan fingerprint density at radius 1 is 1.22 bits per heavy atom. The van der Waals surface area contributed by atoms with Gasteiger partial charge in [-0.25, -0.2) is 22.5 Å². The number of hydrogen-bond acceptors (Lipinski definition) is 4. The predicted octanol–water partition coefficient (Wildman–Crippen LogP) is 1.87. The zero-order valence-electron chi connectivity index (χ0n) is 15.3. The van der Waals surface area contributed by atoms with E-state index in [1.165, 1.54) is 4.31 Å². The quantitative estimate of drug-likeness (QED) is 0.786. The van der Waals surface area contributed by atoms with E-state index in [0.29, 0.717) is 31.6 Å². The molecule has 0 aliphatic carbocycles. The van der Waals surface area contributed by atoms with Crippen LogP contribution < -0.4 is 10.6 Å². The third-order valence-electron chi connectivity index (χ3n) is 4.68. The minimum absolute atomic E-state index is 0.0196. The Bertz CT molecular complexity index is 842. The minimum Gasteiger partial charge on any atom is -0.335 e. The van der Waals surface area contributed by atoms with Crippen molar-refractivity contribution in [2.75, 3.05) is 24.2 Å². The summed E-state index contributed by atoms with van der Waals surface area (Å²) in [6.07, 6.45) is 6.64. The number of carbonyl (C=O) groups excluding carboxylic acids is 1. The van der Waals surface area contributed by atoms with E-state index in [-0.39, 0.29) is 17.8 Å². The first-order valence-corrected chi connectivity index (χ1v) is 10.7. The summed E-state index contributed by atoms with van der Waals surface area (Å²) < 4.78 is 27.2. The molecule has 3 rings (SSSR count). The van der Waals surface area contributed by atoms with Crippen LogP contribution in [0, 0.1) is 0 Å². The number of rotatable bonds is 6. The molecular weight excluding hydrogens is 366 g/mol. The summed E-state index contributed by atoms with van der Waals surface area (Å²) in [4.78, 5) is 16.2. The van der Waals surface area contributed by atoms with Crippen molar-refractivity contribution in [1.29, 1.82) is 0 Å². The fourth-order valence-electron chi connectivity index (χ4n) is 3.10. The smallest absolute Gasteiger partial charge is 0.319 e. The number of nitrogens with zero attached hydrogens (tertiary/aromatic N) is 3. The largest absolute Gasteiger partial charge is 0.335 e. The monoisotopic (exact) mass is 391 g/mol. The van der Waals surface area contributed by atoms with Gasteiger partial charge in [-0.15, -0.1) is 0 Å². The molecule has 0 saturated carbocycles. The molecule has 1 fully saturated rings. The number of piperidine rings is 1. The molecule has 0 radical (unpaired) electrons. The third-order valence-corrected chi connectivity index (χ3v) is 6.57. The number of imidazole rings is 1. The molecule has 0 bridgehead atoms. The summed E-state index contributed by atoms with van der Waals surface area (Å²) in [7, 11) is -3.15. The highest BCUT2D eigenvalue weighted by molar-refractivity contribution is 7.89. The molecule has 1 aromatic heterocycles. The van der Waals surface area contributed by atoms with E-state index in [9.17, 15) is 13.2 Å². The van der Waals surface area contributed by atoms with Crippen LogP contribution in [0.25, 0.3) is 0 Å². The number of amides is 2. The molecule has 8 nitrogen and oxygen atoms in total. The van der Waals surface area contributed by atoms with Gasteiger partial charge in [-0.2, -0.15) is 0 Å². The van der Waals surface area contributed by atoms with E-state index in [1.807, 2.05) is 35.0 Å². The second-order valence-electron chi connectivity index (χ2n) is 6.60. The van der Waals surface area contributed by atoms with Crippen LogP contribution in [0.3, 0.4) is 0 Å². The third kappa shape index (κ3) is 5.30. The molecule has 1 aliphatic heterocycles. The van der Waals surface area contributed by atoms with E-state index < -0.39 is 10.0 Å². The van der Waals surface area contributed by atoms with Crippen LogP contribution in [0.4, 0.5) is 10.5 Å². The summed E-state index contributed by atoms with van der Waals surface area (Å²) in [6.45, 7) is 3.27. The highest BCUT2D eigenvalue weighted by Gasteiger charge is 2.27. The molecule has 1 saturated heterocycles. The summed E-state index contributed by atoms with van der Waals surface area (Å²) in [5, 5.41) is 5.75. The first kappa shape index (κ1) is 19.4. The maximum atomic E-state index is 12.2. The Morgan fingerprint density at radius 3 is 2.52 bits per heavy atom. The van der Waals surface area contributed by atoms with Crippen molar-refractivity contribution in [3.05, 3.63) is 48.5 Å². The molecular formula is C18H25N5O3S. The fraction of sp³-hybridized carbons (Fsp3) is 0.444. The van der Waals surface area contributed by atoms with Crippen molar-refractivity contribution in [3.63, 3.8) is 0 Å². The zero-order valence-corrected chi connectivity index (χ0v) is 16.2. The molecule has 146 valence electrons. The van der Waals surface area contributed by atoms with E-state index in [1.54, 1.807) is 19.4 Å². The predicted molar refractivity (Wildman–Crippen MR) is 104 cm³/mol. The molecule has 0 spiro atoms. The number of nitrogens with one attached hydrogen (secondary N) is 2. The second kappa shape index (κ2) is 8.53. The lowest BCUT2D eigenvalue weighted by Gasteiger charge is -2.31. The molecule has 1 aromatic carbocycles. The Labute approximate surface area is 159 Å². The van der Waals surface area contributed by atoms with Crippen LogP contribution in [-0.4, -0.2) is 53.2 Å². The number of sulfonamides is 1. The summed E-state index contributed by atoms with van der Waals surface area (Å²) in [5.41, 5.74) is 1.83. The van der Waals surface area contributed by atoms with Crippen molar-refractivity contribution in [2.45, 2.75) is 32.4 Å². The number of aromatic nitrogens is 2. The van der Waals surface area contributed by atoms with Crippen LogP contribution in [0.1, 0.15) is 25.3 Å². The number of benzene rings is 1. The maximum Gasteiger partial charge on any atom is 0.319 e. The van der Waals surface area contributed by atoms with Crippen molar-refractivity contribution in [3.8, 4) is 0 Å². The molecule has 2 N–H and O–H groups in total. The highest BCUT2D eigenvalue weighted by atomic mass is 32.2. The van der Waals surface area contributed by atoms with Crippen molar-refractivity contribution < 1.29 is 13.2 Å². The fourth-order valence-corrected chi connectivity index (χ4v) is 4.23. The van der Waals surface area contributed by atoms with Gasteiger partial charge in [-0.3, -0.25) is 0 Å². The van der Waals surface area contributed by atoms with Gasteiger partial charge in [-0.05, 0) is 37.5 Å². The number of hydrogen-bond donors (Lipinski definition) is 2. The lowest BCUT2D eigenvalue weighted by atomic mass is 10.1. The van der Waals surface area contributed by atoms with Gasteiger partial charge in [0, 0.05) is 43.8 Å². The van der Waals surface area contributed by atoms with E-state index in [2.05, 4.69) is 15.6 Å². The Kier molecular flexibility index (Phi) is 6.12. The molecule has 2 amide bonds. The molecule has 2 aromatic rings. The van der Waals surface area contributed by atoms with Crippen LogP contribution in [0.2, 0.25) is 0 Å². The Balaban J connectivity index is 1.46. The molecule has 27 heavy (non-hydrogen) atoms. The van der Waals surface area contributed by atoms with E-state index >= 15 is 0 Å². The molecule has 0 unspecified atom stereocenters. The van der Waals surface area contributed by atoms with E-state index in [0.717, 1.165) is 12.1 Å². The normalized spacial score (nSPS) is 16.2. The van der Waals surface area contributed by atoms with Gasteiger partial charge in [0.05, 0.1) is 12.1 Å². The summed E-state index contributed by atoms with van der Waals surface area (Å²) >= 11 is 0. The minimum atomic E-state index is -3.15. The molecule has 1 aliphatic rings. The number of carbonyl (C=O) groups is 1. The average Bonchev–Trinajstić information content (AvgIpc) is 3.17. The lowest BCUT2D eigenvalue weighted by Crippen LogP contribution is -2.47. The van der Waals surface area contributed by atoms with Crippen LogP contribution >= 0.6 is 0 Å². The van der Waals surface area contributed by atoms with Crippen molar-refractivity contribution in [1.82, 2.24) is 19.2 Å². The zero-order chi connectivity index (χ0) is 19.3. The van der Waals surface area contributed by atoms with Gasteiger partial charge in [0.1, 0.15) is 0 Å². The van der Waals surface area contributed by atoms with Gasteiger partial charge < -0.3 is 15.2 Å². The standard InChI is InChI=1S/C18H25N5O3S/c1-2-27(25,26)23-10-7-17(8-11-23)21-18(24)20-16-5-3-15(4-6-16)13-22-12-9-19-14-22/h3-6,9,12,14,17H,2,7-8,10-11,13H2,1H3,(H2,20,21,24). The van der Waals surface area contributed by atoms with Crippen molar-refractivity contribution >= 4 is 21.7 Å². The second-order valence-corrected chi connectivity index (χ2v) is 8.86. The number of urea groups is 1. The molecule has 9 heteroatoms. The van der Waals surface area contributed by atoms with Gasteiger partial charge >= 0.3 is 6.03 Å². The van der Waals surface area contributed by atoms with E-state index in [4.69, 9.17) is 0 Å². The maximum absolute atomic E-state index is 12.2. The number of anilines is 1. The van der Waals surface area contributed by atoms with Crippen LogP contribution in [0.5, 0.6) is 0 Å². The highest BCUT2D eigenvalue weighted by Crippen LogP contribution is 2.15. The average molecular weight is 391 g/mol. The molecule has 2 heterocycles. The van der Waals surface area contributed by atoms with Crippen LogP contribution in [0.15, 0.2) is 43.0 Å². The Hall–Kier alpha value is -2.39. The molecule has 0 atom stereocenters. The SMILES string of the molecule is CCS(=O)(=O)N1CCC(NC(=O)Nc2ccc(Cn3ccnc3)cc2)CC1.